The summed E-state index contributed by atoms with van der Waals surface area (Å²) >= 11 is 1.56. The normalized spacial score (nSPS) is 23.1. The Morgan fingerprint density at radius 3 is 2.83 bits per heavy atom. The van der Waals surface area contributed by atoms with E-state index < -0.39 is 23.8 Å². The molecule has 1 saturated heterocycles. The zero-order valence-corrected chi connectivity index (χ0v) is 21.5. The van der Waals surface area contributed by atoms with E-state index in [9.17, 15) is 19.6 Å². The minimum absolute atomic E-state index is 0.00217. The van der Waals surface area contributed by atoms with E-state index in [1.54, 1.807) is 16.2 Å². The Labute approximate surface area is 214 Å². The third-order valence-electron chi connectivity index (χ3n) is 7.02. The number of nitrogens with zero attached hydrogens (tertiary/aromatic N) is 2. The van der Waals surface area contributed by atoms with Crippen LogP contribution in [-0.2, 0) is 27.2 Å². The number of amides is 3. The molecule has 3 aliphatic rings. The summed E-state index contributed by atoms with van der Waals surface area (Å²) in [6, 6.07) is 10.8. The summed E-state index contributed by atoms with van der Waals surface area (Å²) in [4.78, 5) is 41.4. The zero-order valence-electron chi connectivity index (χ0n) is 20.7. The Hall–Kier alpha value is -3.38. The van der Waals surface area contributed by atoms with Gasteiger partial charge in [0.2, 0.25) is 11.8 Å². The lowest BCUT2D eigenvalue weighted by molar-refractivity contribution is -0.128. The van der Waals surface area contributed by atoms with Gasteiger partial charge in [0.05, 0.1) is 12.5 Å². The first-order valence-electron chi connectivity index (χ1n) is 12.3. The molecule has 5 rings (SSSR count). The van der Waals surface area contributed by atoms with Crippen molar-refractivity contribution in [3.63, 3.8) is 0 Å². The minimum Gasteiger partial charge on any atom is -0.444 e. The van der Waals surface area contributed by atoms with Crippen LogP contribution in [0.15, 0.2) is 30.3 Å². The molecule has 2 fully saturated rings. The second kappa shape index (κ2) is 9.25. The summed E-state index contributed by atoms with van der Waals surface area (Å²) in [7, 11) is 0. The molecule has 36 heavy (non-hydrogen) atoms. The van der Waals surface area contributed by atoms with Gasteiger partial charge in [0.15, 0.2) is 0 Å². The third kappa shape index (κ3) is 4.82. The van der Waals surface area contributed by atoms with Crippen molar-refractivity contribution in [2.24, 2.45) is 5.92 Å². The monoisotopic (exact) mass is 506 g/mol. The maximum atomic E-state index is 13.3. The number of thiophene rings is 1. The average molecular weight is 507 g/mol. The van der Waals surface area contributed by atoms with Crippen LogP contribution in [0, 0.1) is 17.2 Å². The van der Waals surface area contributed by atoms with Crippen LogP contribution >= 0.6 is 11.3 Å². The van der Waals surface area contributed by atoms with Gasteiger partial charge in [0.25, 0.3) is 0 Å². The molecule has 188 valence electrons. The van der Waals surface area contributed by atoms with Crippen molar-refractivity contribution >= 4 is 34.9 Å². The highest BCUT2D eigenvalue weighted by molar-refractivity contribution is 7.15. The Kier molecular flexibility index (Phi) is 6.25. The van der Waals surface area contributed by atoms with Crippen molar-refractivity contribution < 1.29 is 19.1 Å². The van der Waals surface area contributed by atoms with E-state index in [2.05, 4.69) is 16.7 Å². The molecule has 0 radical (unpaired) electrons. The molecule has 4 atom stereocenters. The van der Waals surface area contributed by atoms with Gasteiger partial charge in [-0.15, -0.1) is 11.3 Å². The molecule has 3 unspecified atom stereocenters. The highest BCUT2D eigenvalue weighted by atomic mass is 32.1. The molecule has 1 aliphatic carbocycles. The van der Waals surface area contributed by atoms with Gasteiger partial charge in [0, 0.05) is 27.9 Å². The van der Waals surface area contributed by atoms with Crippen molar-refractivity contribution in [1.82, 2.24) is 10.2 Å². The Morgan fingerprint density at radius 1 is 1.28 bits per heavy atom. The van der Waals surface area contributed by atoms with Crippen LogP contribution in [0.1, 0.15) is 50.5 Å². The van der Waals surface area contributed by atoms with Gasteiger partial charge in [-0.1, -0.05) is 12.1 Å². The number of fused-ring (bicyclic) bond motifs is 3. The maximum Gasteiger partial charge on any atom is 0.411 e. The number of carbonyl (C=O) groups is 3. The van der Waals surface area contributed by atoms with Crippen molar-refractivity contribution in [2.45, 2.75) is 76.6 Å². The predicted molar refractivity (Wildman–Crippen MR) is 136 cm³/mol. The number of nitrogens with one attached hydrogen (secondary N) is 2. The van der Waals surface area contributed by atoms with Gasteiger partial charge in [-0.05, 0) is 75.3 Å². The molecule has 8 nitrogen and oxygen atoms in total. The van der Waals surface area contributed by atoms with Gasteiger partial charge in [0.1, 0.15) is 17.7 Å². The van der Waals surface area contributed by atoms with E-state index in [-0.39, 0.29) is 23.8 Å². The molecule has 2 aliphatic heterocycles. The maximum absolute atomic E-state index is 13.3. The number of piperidine rings is 1. The number of benzene rings is 1. The van der Waals surface area contributed by atoms with Gasteiger partial charge in [-0.25, -0.2) is 4.79 Å². The second-order valence-corrected chi connectivity index (χ2v) is 12.0. The van der Waals surface area contributed by atoms with Crippen LogP contribution in [0.4, 0.5) is 10.5 Å². The van der Waals surface area contributed by atoms with Crippen molar-refractivity contribution in [3.05, 3.63) is 40.8 Å². The first-order valence-corrected chi connectivity index (χ1v) is 13.2. The summed E-state index contributed by atoms with van der Waals surface area (Å²) in [6.07, 6.45) is 2.89. The lowest BCUT2D eigenvalue weighted by Gasteiger charge is -2.35. The largest absolute Gasteiger partial charge is 0.444 e. The highest BCUT2D eigenvalue weighted by Gasteiger charge is 2.52. The van der Waals surface area contributed by atoms with Crippen LogP contribution in [0.5, 0.6) is 0 Å². The zero-order chi connectivity index (χ0) is 25.6. The first-order chi connectivity index (χ1) is 17.1. The smallest absolute Gasteiger partial charge is 0.411 e. The van der Waals surface area contributed by atoms with Gasteiger partial charge in [-0.2, -0.15) is 5.26 Å². The van der Waals surface area contributed by atoms with E-state index >= 15 is 0 Å². The molecular formula is C27H30N4O4S. The third-order valence-corrected chi connectivity index (χ3v) is 8.17. The van der Waals surface area contributed by atoms with Crippen molar-refractivity contribution in [2.75, 3.05) is 5.32 Å². The number of carbonyl (C=O) groups excluding carboxylic acids is 3. The fourth-order valence-electron chi connectivity index (χ4n) is 5.50. The molecule has 3 heterocycles. The minimum atomic E-state index is -0.706. The molecule has 2 aromatic rings. The topological polar surface area (TPSA) is 112 Å². The quantitative estimate of drug-likeness (QED) is 0.630. The summed E-state index contributed by atoms with van der Waals surface area (Å²) < 4.78 is 5.58. The Balaban J connectivity index is 1.25. The number of hydrogen-bond donors (Lipinski definition) is 2. The molecule has 9 heteroatoms. The van der Waals surface area contributed by atoms with Gasteiger partial charge in [-0.3, -0.25) is 14.5 Å². The second-order valence-electron chi connectivity index (χ2n) is 10.8. The van der Waals surface area contributed by atoms with Crippen LogP contribution in [0.2, 0.25) is 0 Å². The van der Waals surface area contributed by atoms with Gasteiger partial charge < -0.3 is 15.4 Å². The predicted octanol–water partition coefficient (Wildman–Crippen LogP) is 4.25. The van der Waals surface area contributed by atoms with Crippen LogP contribution in [0.25, 0.3) is 10.4 Å². The molecule has 3 amide bonds. The molecule has 1 aromatic heterocycles. The number of anilines is 1. The van der Waals surface area contributed by atoms with E-state index in [0.717, 1.165) is 45.8 Å². The molecule has 2 N–H and O–H groups in total. The first kappa shape index (κ1) is 24.3. The van der Waals surface area contributed by atoms with E-state index in [4.69, 9.17) is 4.74 Å². The summed E-state index contributed by atoms with van der Waals surface area (Å²) in [5.74, 6) is -0.191. The molecule has 0 spiro atoms. The number of nitriles is 1. The SMILES string of the molecule is CC(C)(C)OC(=O)N1C2CCC(C2)C1C(=O)N[C@H](C#N)Cc1ccc(-c2ccc3c(c2)NC(=O)C3)s1. The number of rotatable bonds is 5. The van der Waals surface area contributed by atoms with Crippen molar-refractivity contribution in [1.29, 1.82) is 5.26 Å². The van der Waals surface area contributed by atoms with Crippen molar-refractivity contribution in [3.8, 4) is 16.5 Å². The molecule has 1 saturated carbocycles. The van der Waals surface area contributed by atoms with Crippen LogP contribution < -0.4 is 10.6 Å². The van der Waals surface area contributed by atoms with Crippen LogP contribution in [0.3, 0.4) is 0 Å². The number of hydrogen-bond acceptors (Lipinski definition) is 6. The fraction of sp³-hybridized carbons (Fsp3) is 0.481. The van der Waals surface area contributed by atoms with E-state index in [1.807, 2.05) is 51.1 Å². The molecule has 1 aromatic carbocycles. The number of likely N-dealkylation sites (tertiary alicyclic amines) is 1. The summed E-state index contributed by atoms with van der Waals surface area (Å²) in [5.41, 5.74) is 2.19. The Bertz CT molecular complexity index is 1260. The van der Waals surface area contributed by atoms with Gasteiger partial charge >= 0.3 is 6.09 Å². The highest BCUT2D eigenvalue weighted by Crippen LogP contribution is 2.43. The lowest BCUT2D eigenvalue weighted by atomic mass is 9.97. The average Bonchev–Trinajstić information content (AvgIpc) is 3.59. The van der Waals surface area contributed by atoms with E-state index in [1.165, 1.54) is 0 Å². The fourth-order valence-corrected chi connectivity index (χ4v) is 6.55. The molecular weight excluding hydrogens is 476 g/mol. The lowest BCUT2D eigenvalue weighted by Crippen LogP contribution is -2.55. The van der Waals surface area contributed by atoms with Crippen LogP contribution in [-0.4, -0.2) is 46.5 Å². The Morgan fingerprint density at radius 2 is 2.08 bits per heavy atom. The molecule has 2 bridgehead atoms. The summed E-state index contributed by atoms with van der Waals surface area (Å²) in [6.45, 7) is 5.44. The number of ether oxygens (including phenoxy) is 1. The standard InChI is InChI=1S/C27H30N4O4S/c1-27(2,3)35-26(34)31-19-7-6-17(10-19)24(31)25(33)29-18(14-28)13-20-8-9-22(36-20)16-5-4-15-12-23(32)30-21(15)11-16/h4-5,8-9,11,17-19,24H,6-7,10,12-13H2,1-3H3,(H,29,33)(H,30,32)/t17?,18-,19?,24?/m0/s1. The summed E-state index contributed by atoms with van der Waals surface area (Å²) in [5, 5.41) is 15.6. The van der Waals surface area contributed by atoms with E-state index in [0.29, 0.717) is 12.8 Å².